The SMILES string of the molecule is CCCOc1ccc(Br)cc1C=C1SC(=S)N(CCN2CCOCC2)C1=O. The van der Waals surface area contributed by atoms with Crippen molar-refractivity contribution >= 4 is 56.2 Å². The number of morpholine rings is 1. The summed E-state index contributed by atoms with van der Waals surface area (Å²) in [6, 6.07) is 5.83. The molecule has 5 nitrogen and oxygen atoms in total. The van der Waals surface area contributed by atoms with Gasteiger partial charge in [0.1, 0.15) is 10.1 Å². The lowest BCUT2D eigenvalue weighted by Crippen LogP contribution is -2.42. The van der Waals surface area contributed by atoms with E-state index in [0.29, 0.717) is 22.4 Å². The molecule has 0 bridgehead atoms. The molecule has 2 heterocycles. The van der Waals surface area contributed by atoms with Gasteiger partial charge in [-0.1, -0.05) is 46.8 Å². The van der Waals surface area contributed by atoms with E-state index in [1.165, 1.54) is 11.8 Å². The second-order valence-electron chi connectivity index (χ2n) is 6.32. The maximum Gasteiger partial charge on any atom is 0.266 e. The Morgan fingerprint density at radius 1 is 1.33 bits per heavy atom. The molecule has 0 spiro atoms. The maximum atomic E-state index is 12.9. The van der Waals surface area contributed by atoms with Crippen molar-refractivity contribution in [1.29, 1.82) is 0 Å². The van der Waals surface area contributed by atoms with Gasteiger partial charge in [0.25, 0.3) is 5.91 Å². The number of thioether (sulfide) groups is 1. The standard InChI is InChI=1S/C19H23BrN2O3S2/c1-2-9-25-16-4-3-15(20)12-14(16)13-17-18(23)22(19(26)27-17)6-5-21-7-10-24-11-8-21/h3-4,12-13H,2,5-11H2,1H3. The molecule has 2 fully saturated rings. The first kappa shape index (κ1) is 20.8. The number of carbonyl (C=O) groups excluding carboxylic acids is 1. The Kier molecular flexibility index (Phi) is 7.72. The van der Waals surface area contributed by atoms with Crippen LogP contribution in [0.1, 0.15) is 18.9 Å². The van der Waals surface area contributed by atoms with Crippen molar-refractivity contribution < 1.29 is 14.3 Å². The number of thiocarbonyl (C=S) groups is 1. The van der Waals surface area contributed by atoms with Crippen LogP contribution in [0.2, 0.25) is 0 Å². The molecule has 2 saturated heterocycles. The topological polar surface area (TPSA) is 42.0 Å². The highest BCUT2D eigenvalue weighted by atomic mass is 79.9. The molecule has 1 amide bonds. The molecule has 0 radical (unpaired) electrons. The van der Waals surface area contributed by atoms with Crippen LogP contribution in [0.25, 0.3) is 6.08 Å². The van der Waals surface area contributed by atoms with Crippen LogP contribution >= 0.6 is 39.9 Å². The van der Waals surface area contributed by atoms with Gasteiger partial charge >= 0.3 is 0 Å². The highest BCUT2D eigenvalue weighted by Crippen LogP contribution is 2.35. The van der Waals surface area contributed by atoms with E-state index >= 15 is 0 Å². The van der Waals surface area contributed by atoms with Crippen LogP contribution < -0.4 is 4.74 Å². The molecule has 2 aliphatic rings. The monoisotopic (exact) mass is 470 g/mol. The van der Waals surface area contributed by atoms with E-state index in [9.17, 15) is 4.79 Å². The number of halogens is 1. The largest absolute Gasteiger partial charge is 0.493 e. The summed E-state index contributed by atoms with van der Waals surface area (Å²) in [6.07, 6.45) is 2.81. The summed E-state index contributed by atoms with van der Waals surface area (Å²) >= 11 is 10.3. The van der Waals surface area contributed by atoms with Gasteiger partial charge in [-0.05, 0) is 30.7 Å². The summed E-state index contributed by atoms with van der Waals surface area (Å²) in [6.45, 7) is 7.44. The Hall–Kier alpha value is -0.930. The van der Waals surface area contributed by atoms with Gasteiger partial charge in [-0.25, -0.2) is 0 Å². The van der Waals surface area contributed by atoms with E-state index in [0.717, 1.165) is 55.1 Å². The smallest absolute Gasteiger partial charge is 0.266 e. The van der Waals surface area contributed by atoms with Gasteiger partial charge in [0, 0.05) is 36.2 Å². The van der Waals surface area contributed by atoms with E-state index in [-0.39, 0.29) is 5.91 Å². The highest BCUT2D eigenvalue weighted by molar-refractivity contribution is 9.10. The molecule has 1 aromatic carbocycles. The van der Waals surface area contributed by atoms with Crippen molar-refractivity contribution in [3.05, 3.63) is 33.1 Å². The molecule has 0 unspecified atom stereocenters. The minimum atomic E-state index is -0.0281. The van der Waals surface area contributed by atoms with Gasteiger partial charge < -0.3 is 9.47 Å². The number of nitrogens with zero attached hydrogens (tertiary/aromatic N) is 2. The van der Waals surface area contributed by atoms with Crippen molar-refractivity contribution in [2.24, 2.45) is 0 Å². The van der Waals surface area contributed by atoms with E-state index in [1.807, 2.05) is 24.3 Å². The van der Waals surface area contributed by atoms with Gasteiger partial charge in [0.15, 0.2) is 0 Å². The van der Waals surface area contributed by atoms with E-state index in [2.05, 4.69) is 27.8 Å². The average molecular weight is 471 g/mol. The highest BCUT2D eigenvalue weighted by Gasteiger charge is 2.32. The third kappa shape index (κ3) is 5.54. The fourth-order valence-electron chi connectivity index (χ4n) is 2.88. The average Bonchev–Trinajstić information content (AvgIpc) is 2.93. The first-order valence-corrected chi connectivity index (χ1v) is 11.1. The third-order valence-corrected chi connectivity index (χ3v) is 6.21. The van der Waals surface area contributed by atoms with Gasteiger partial charge in [-0.2, -0.15) is 0 Å². The molecule has 0 saturated carbocycles. The van der Waals surface area contributed by atoms with Crippen LogP contribution in [-0.4, -0.2) is 66.0 Å². The Morgan fingerprint density at radius 2 is 2.11 bits per heavy atom. The molecule has 146 valence electrons. The van der Waals surface area contributed by atoms with Crippen LogP contribution in [-0.2, 0) is 9.53 Å². The van der Waals surface area contributed by atoms with Crippen LogP contribution in [0.15, 0.2) is 27.6 Å². The predicted octanol–water partition coefficient (Wildman–Crippen LogP) is 3.77. The van der Waals surface area contributed by atoms with Gasteiger partial charge in [-0.3, -0.25) is 14.6 Å². The molecular formula is C19H23BrN2O3S2. The Bertz CT molecular complexity index is 736. The number of benzene rings is 1. The molecule has 0 aromatic heterocycles. The van der Waals surface area contributed by atoms with Crippen molar-refractivity contribution in [1.82, 2.24) is 9.80 Å². The zero-order valence-electron chi connectivity index (χ0n) is 15.3. The lowest BCUT2D eigenvalue weighted by atomic mass is 10.2. The summed E-state index contributed by atoms with van der Waals surface area (Å²) in [5, 5.41) is 0. The molecule has 1 aromatic rings. The van der Waals surface area contributed by atoms with Crippen molar-refractivity contribution in [2.45, 2.75) is 13.3 Å². The molecule has 0 atom stereocenters. The lowest BCUT2D eigenvalue weighted by Gasteiger charge is -2.28. The maximum absolute atomic E-state index is 12.9. The van der Waals surface area contributed by atoms with E-state index in [4.69, 9.17) is 21.7 Å². The number of hydrogen-bond acceptors (Lipinski definition) is 6. The van der Waals surface area contributed by atoms with Crippen LogP contribution in [0.4, 0.5) is 0 Å². The minimum Gasteiger partial charge on any atom is -0.493 e. The Balaban J connectivity index is 1.71. The number of carbonyl (C=O) groups is 1. The first-order chi connectivity index (χ1) is 13.1. The molecule has 3 rings (SSSR count). The normalized spacial score (nSPS) is 19.9. The molecule has 0 aliphatic carbocycles. The van der Waals surface area contributed by atoms with Crippen LogP contribution in [0.3, 0.4) is 0 Å². The van der Waals surface area contributed by atoms with Gasteiger partial charge in [0.05, 0.1) is 24.7 Å². The molecule has 8 heteroatoms. The van der Waals surface area contributed by atoms with Gasteiger partial charge in [-0.15, -0.1) is 0 Å². The zero-order chi connectivity index (χ0) is 19.2. The van der Waals surface area contributed by atoms with Gasteiger partial charge in [0.2, 0.25) is 0 Å². The van der Waals surface area contributed by atoms with Crippen LogP contribution in [0, 0.1) is 0 Å². The molecular weight excluding hydrogens is 448 g/mol. The first-order valence-electron chi connectivity index (χ1n) is 9.06. The van der Waals surface area contributed by atoms with Crippen molar-refractivity contribution in [3.8, 4) is 5.75 Å². The van der Waals surface area contributed by atoms with Crippen LogP contribution in [0.5, 0.6) is 5.75 Å². The zero-order valence-corrected chi connectivity index (χ0v) is 18.5. The van der Waals surface area contributed by atoms with E-state index in [1.54, 1.807) is 4.90 Å². The summed E-state index contributed by atoms with van der Waals surface area (Å²) < 4.78 is 12.7. The van der Waals surface area contributed by atoms with Crippen molar-refractivity contribution in [2.75, 3.05) is 46.0 Å². The second kappa shape index (κ2) is 10.0. The molecule has 0 N–H and O–H groups in total. The summed E-state index contributed by atoms with van der Waals surface area (Å²) in [4.78, 5) is 17.5. The quantitative estimate of drug-likeness (QED) is 0.446. The Morgan fingerprint density at radius 3 is 2.85 bits per heavy atom. The number of ether oxygens (including phenoxy) is 2. The third-order valence-electron chi connectivity index (χ3n) is 4.34. The Labute approximate surface area is 178 Å². The predicted molar refractivity (Wildman–Crippen MR) is 117 cm³/mol. The summed E-state index contributed by atoms with van der Waals surface area (Å²) in [7, 11) is 0. The molecule has 27 heavy (non-hydrogen) atoms. The second-order valence-corrected chi connectivity index (χ2v) is 8.91. The summed E-state index contributed by atoms with van der Waals surface area (Å²) in [5.74, 6) is 0.748. The lowest BCUT2D eigenvalue weighted by molar-refractivity contribution is -0.122. The number of hydrogen-bond donors (Lipinski definition) is 0. The fourth-order valence-corrected chi connectivity index (χ4v) is 4.55. The minimum absolute atomic E-state index is 0.0281. The molecule has 2 aliphatic heterocycles. The number of rotatable bonds is 7. The fraction of sp³-hybridized carbons (Fsp3) is 0.474. The van der Waals surface area contributed by atoms with E-state index < -0.39 is 0 Å². The van der Waals surface area contributed by atoms with Crippen molar-refractivity contribution in [3.63, 3.8) is 0 Å². The summed E-state index contributed by atoms with van der Waals surface area (Å²) in [5.41, 5.74) is 0.881. The number of amides is 1.